The fourth-order valence-electron chi connectivity index (χ4n) is 3.24. The largest absolute Gasteiger partial charge is 0.505 e. The molecule has 144 valence electrons. The lowest BCUT2D eigenvalue weighted by atomic mass is 9.76. The molecule has 2 aromatic carbocycles. The molecule has 0 atom stereocenters. The Morgan fingerprint density at radius 1 is 1.04 bits per heavy atom. The first-order chi connectivity index (χ1) is 12.6. The number of para-hydroxylation sites is 2. The smallest absolute Gasteiger partial charge is 0.249 e. The van der Waals surface area contributed by atoms with Crippen molar-refractivity contribution in [2.24, 2.45) is 0 Å². The van der Waals surface area contributed by atoms with Gasteiger partial charge in [0, 0.05) is 5.56 Å². The molecule has 1 aromatic heterocycles. The third kappa shape index (κ3) is 3.15. The minimum absolute atomic E-state index is 0.0681. The molecular weight excluding hydrogens is 338 g/mol. The van der Waals surface area contributed by atoms with E-state index in [9.17, 15) is 10.0 Å². The van der Waals surface area contributed by atoms with Gasteiger partial charge in [0.1, 0.15) is 0 Å². The number of phenolic OH excluding ortho intramolecular Hbond substituents is 1. The molecule has 0 aliphatic carbocycles. The number of phenols is 1. The number of H-pyrrole nitrogens is 1. The van der Waals surface area contributed by atoms with Crippen LogP contribution in [0, 0.1) is 4.91 Å². The lowest BCUT2D eigenvalue weighted by Gasteiger charge is -2.30. The second-order valence-corrected chi connectivity index (χ2v) is 8.58. The van der Waals surface area contributed by atoms with Crippen LogP contribution >= 0.6 is 0 Å². The standard InChI is InChI=1S/C22H29N3O2/c1-7-21(3,4)15-13-16(22(5,6)8-2)20(26)19(14-15)24-23-17-11-9-10-12-18(17)25(24)27/h9-14H,7-8H2,1-6H3,(H-,23,26,27)/p+1. The van der Waals surface area contributed by atoms with Crippen LogP contribution in [0.1, 0.15) is 65.5 Å². The van der Waals surface area contributed by atoms with Crippen LogP contribution in [0.2, 0.25) is 0 Å². The molecule has 3 aromatic rings. The SMILES string of the molecule is CCC(C)(C)c1cc(-n2[nH]c3ccccc3[n+]2=O)c(O)c(C(C)(C)CC)c1. The number of aromatic nitrogens is 3. The maximum absolute atomic E-state index is 12.9. The van der Waals surface area contributed by atoms with Crippen molar-refractivity contribution in [2.75, 3.05) is 0 Å². The van der Waals surface area contributed by atoms with Gasteiger partial charge in [0.2, 0.25) is 5.52 Å². The van der Waals surface area contributed by atoms with Crippen molar-refractivity contribution in [1.82, 2.24) is 9.90 Å². The van der Waals surface area contributed by atoms with Crippen LogP contribution in [0.5, 0.6) is 5.75 Å². The Hall–Kier alpha value is -2.56. The summed E-state index contributed by atoms with van der Waals surface area (Å²) in [6.07, 6.45) is 1.84. The van der Waals surface area contributed by atoms with Crippen molar-refractivity contribution in [3.8, 4) is 11.4 Å². The first kappa shape index (κ1) is 19.2. The maximum Gasteiger partial charge on any atom is 0.249 e. The number of hydrogen-bond acceptors (Lipinski definition) is 2. The molecule has 0 spiro atoms. The van der Waals surface area contributed by atoms with E-state index >= 15 is 0 Å². The summed E-state index contributed by atoms with van der Waals surface area (Å²) in [5.41, 5.74) is 3.44. The fourth-order valence-corrected chi connectivity index (χ4v) is 3.24. The third-order valence-electron chi connectivity index (χ3n) is 6.11. The zero-order valence-electron chi connectivity index (χ0n) is 17.1. The summed E-state index contributed by atoms with van der Waals surface area (Å²) in [6, 6.07) is 11.4. The highest BCUT2D eigenvalue weighted by molar-refractivity contribution is 5.70. The highest BCUT2D eigenvalue weighted by Crippen LogP contribution is 2.41. The Morgan fingerprint density at radius 2 is 1.67 bits per heavy atom. The van der Waals surface area contributed by atoms with Gasteiger partial charge < -0.3 is 5.11 Å². The van der Waals surface area contributed by atoms with Crippen LogP contribution in [0.25, 0.3) is 16.7 Å². The summed E-state index contributed by atoms with van der Waals surface area (Å²) < 4.78 is 0.801. The summed E-state index contributed by atoms with van der Waals surface area (Å²) in [5.74, 6) is 0.152. The van der Waals surface area contributed by atoms with Crippen molar-refractivity contribution in [3.05, 3.63) is 52.4 Å². The average molecular weight is 369 g/mol. The van der Waals surface area contributed by atoms with Crippen LogP contribution in [0.15, 0.2) is 36.4 Å². The van der Waals surface area contributed by atoms with Crippen molar-refractivity contribution in [1.29, 1.82) is 0 Å². The van der Waals surface area contributed by atoms with E-state index in [0.29, 0.717) is 11.2 Å². The number of aromatic amines is 1. The number of aromatic hydroxyl groups is 1. The molecule has 27 heavy (non-hydrogen) atoms. The van der Waals surface area contributed by atoms with Gasteiger partial charge >= 0.3 is 0 Å². The molecule has 0 unspecified atom stereocenters. The van der Waals surface area contributed by atoms with Crippen molar-refractivity contribution in [2.45, 2.75) is 65.2 Å². The van der Waals surface area contributed by atoms with Gasteiger partial charge in [-0.25, -0.2) is 0 Å². The molecule has 0 fully saturated rings. The molecule has 0 saturated heterocycles. The Labute approximate surface area is 160 Å². The van der Waals surface area contributed by atoms with Gasteiger partial charge in [-0.05, 0) is 57.1 Å². The van der Waals surface area contributed by atoms with E-state index in [1.54, 1.807) is 6.07 Å². The van der Waals surface area contributed by atoms with Crippen LogP contribution in [0.4, 0.5) is 0 Å². The van der Waals surface area contributed by atoms with E-state index < -0.39 is 0 Å². The summed E-state index contributed by atoms with van der Waals surface area (Å²) in [5, 5.41) is 14.2. The zero-order chi connectivity index (χ0) is 20.0. The van der Waals surface area contributed by atoms with Crippen LogP contribution in [-0.2, 0) is 10.8 Å². The lowest BCUT2D eigenvalue weighted by molar-refractivity contribution is -0.561. The molecule has 3 rings (SSSR count). The minimum Gasteiger partial charge on any atom is -0.505 e. The number of rotatable bonds is 5. The summed E-state index contributed by atoms with van der Waals surface area (Å²) >= 11 is 0. The van der Waals surface area contributed by atoms with Gasteiger partial charge in [0.15, 0.2) is 17.0 Å². The van der Waals surface area contributed by atoms with E-state index in [1.165, 1.54) is 4.80 Å². The van der Waals surface area contributed by atoms with Crippen LogP contribution in [-0.4, -0.2) is 15.0 Å². The molecule has 0 aliphatic rings. The van der Waals surface area contributed by atoms with E-state index in [2.05, 4.69) is 52.7 Å². The quantitative estimate of drug-likeness (QED) is 0.626. The highest BCUT2D eigenvalue weighted by atomic mass is 16.3. The molecule has 2 N–H and O–H groups in total. The van der Waals surface area contributed by atoms with Gasteiger partial charge in [0.25, 0.3) is 0 Å². The number of benzene rings is 2. The van der Waals surface area contributed by atoms with Crippen molar-refractivity contribution < 1.29 is 9.65 Å². The van der Waals surface area contributed by atoms with Gasteiger partial charge in [-0.15, -0.1) is 0 Å². The molecular formula is C22H30N3O2+. The Kier molecular flexibility index (Phi) is 4.66. The van der Waals surface area contributed by atoms with E-state index in [4.69, 9.17) is 0 Å². The zero-order valence-corrected chi connectivity index (χ0v) is 17.1. The Bertz CT molecular complexity index is 1040. The Balaban J connectivity index is 2.37. The van der Waals surface area contributed by atoms with Gasteiger partial charge in [-0.1, -0.05) is 59.7 Å². The Morgan fingerprint density at radius 3 is 2.26 bits per heavy atom. The maximum atomic E-state index is 12.9. The second kappa shape index (κ2) is 6.55. The van der Waals surface area contributed by atoms with Crippen molar-refractivity contribution in [3.63, 3.8) is 0 Å². The third-order valence-corrected chi connectivity index (χ3v) is 6.11. The predicted molar refractivity (Wildman–Crippen MR) is 109 cm³/mol. The number of hydrogen-bond donors (Lipinski definition) is 2. The number of fused-ring (bicyclic) bond motifs is 1. The monoisotopic (exact) mass is 368 g/mol. The van der Waals surface area contributed by atoms with E-state index in [0.717, 1.165) is 34.0 Å². The first-order valence-electron chi connectivity index (χ1n) is 9.63. The summed E-state index contributed by atoms with van der Waals surface area (Å²) in [4.78, 5) is 14.3. The van der Waals surface area contributed by atoms with Gasteiger partial charge in [-0.2, -0.15) is 5.10 Å². The van der Waals surface area contributed by atoms with E-state index in [-0.39, 0.29) is 16.6 Å². The molecule has 0 aliphatic heterocycles. The second-order valence-electron chi connectivity index (χ2n) is 8.58. The van der Waals surface area contributed by atoms with Gasteiger partial charge in [-0.3, -0.25) is 0 Å². The lowest BCUT2D eigenvalue weighted by Crippen LogP contribution is -2.28. The summed E-state index contributed by atoms with van der Waals surface area (Å²) in [7, 11) is 0. The highest BCUT2D eigenvalue weighted by Gasteiger charge is 2.30. The number of nitrogens with zero attached hydrogens (tertiary/aromatic N) is 2. The normalized spacial score (nSPS) is 12.7. The predicted octanol–water partition coefficient (Wildman–Crippen LogP) is 4.95. The molecule has 5 nitrogen and oxygen atoms in total. The van der Waals surface area contributed by atoms with Gasteiger partial charge in [0.05, 0.1) is 4.54 Å². The minimum atomic E-state index is -0.209. The summed E-state index contributed by atoms with van der Waals surface area (Å²) in [6.45, 7) is 12.9. The first-order valence-corrected chi connectivity index (χ1v) is 9.63. The molecule has 0 bridgehead atoms. The molecule has 0 amide bonds. The fraction of sp³-hybridized carbons (Fsp3) is 0.455. The molecule has 1 heterocycles. The molecule has 0 radical (unpaired) electrons. The van der Waals surface area contributed by atoms with Crippen molar-refractivity contribution >= 4 is 11.0 Å². The average Bonchev–Trinajstić information content (AvgIpc) is 2.98. The molecule has 0 saturated carbocycles. The number of nitrogens with one attached hydrogen (secondary N) is 1. The molecule has 5 heteroatoms. The van der Waals surface area contributed by atoms with E-state index in [1.807, 2.05) is 24.3 Å². The van der Waals surface area contributed by atoms with Crippen LogP contribution < -0.4 is 4.54 Å². The topological polar surface area (TPSA) is 63.9 Å². The van der Waals surface area contributed by atoms with Crippen LogP contribution in [0.3, 0.4) is 0 Å².